The highest BCUT2D eigenvalue weighted by Gasteiger charge is 2.44. The molecule has 0 unspecified atom stereocenters. The molecule has 0 aromatic heterocycles. The zero-order valence-electron chi connectivity index (χ0n) is 24.4. The van der Waals surface area contributed by atoms with Gasteiger partial charge in [-0.15, -0.1) is 0 Å². The van der Waals surface area contributed by atoms with Gasteiger partial charge in [-0.25, -0.2) is 0 Å². The summed E-state index contributed by atoms with van der Waals surface area (Å²) in [5.41, 5.74) is 0. The molecule has 0 aliphatic heterocycles. The number of rotatable bonds is 22. The molecule has 11 heteroatoms. The summed E-state index contributed by atoms with van der Waals surface area (Å²) in [6, 6.07) is 1.69. The van der Waals surface area contributed by atoms with Gasteiger partial charge in [-0.2, -0.15) is 0 Å². The van der Waals surface area contributed by atoms with Crippen molar-refractivity contribution in [1.29, 1.82) is 0 Å². The highest BCUT2D eigenvalue weighted by atomic mass is 33.5. The van der Waals surface area contributed by atoms with Crippen LogP contribution in [0, 0.1) is 0 Å². The van der Waals surface area contributed by atoms with Gasteiger partial charge in [-0.3, -0.25) is 0 Å². The smallest absolute Gasteiger partial charge is 0.371 e. The van der Waals surface area contributed by atoms with E-state index in [-0.39, 0.29) is 36.6 Å². The molecule has 35 heavy (non-hydrogen) atoms. The Morgan fingerprint density at radius 3 is 0.857 bits per heavy atom. The summed E-state index contributed by atoms with van der Waals surface area (Å²) in [5, 5.41) is 0. The maximum absolute atomic E-state index is 6.27. The summed E-state index contributed by atoms with van der Waals surface area (Å²) in [5.74, 6) is 2.08. The Morgan fingerprint density at radius 1 is 0.429 bits per heavy atom. The normalized spacial score (nSPS) is 13.5. The van der Waals surface area contributed by atoms with E-state index in [9.17, 15) is 0 Å². The van der Waals surface area contributed by atoms with Crippen molar-refractivity contribution >= 4 is 49.0 Å². The predicted octanol–water partition coefficient (Wildman–Crippen LogP) is 8.22. The van der Waals surface area contributed by atoms with Crippen molar-refractivity contribution in [2.45, 2.75) is 145 Å². The highest BCUT2D eigenvalue weighted by Crippen LogP contribution is 2.37. The zero-order chi connectivity index (χ0) is 27.1. The fraction of sp³-hybridized carbons (Fsp3) is 1.00. The molecule has 0 bridgehead atoms. The summed E-state index contributed by atoms with van der Waals surface area (Å²) in [4.78, 5) is 0. The fourth-order valence-corrected chi connectivity index (χ4v) is 14.4. The standard InChI is InChI=1S/C24H54O6S3Si2/c1-19(2)25-34(26-20(3)4,27-21(5)6)17-13-15-31-33-32-16-14-18-35(28-22(7)8,29-23(9)10)30-24(11)12/h19-24H,13-18H2,1-12H3. The van der Waals surface area contributed by atoms with Crippen LogP contribution in [0.25, 0.3) is 0 Å². The third-order valence-electron chi connectivity index (χ3n) is 4.01. The van der Waals surface area contributed by atoms with Crippen LogP contribution in [0.15, 0.2) is 0 Å². The minimum absolute atomic E-state index is 0.0893. The maximum atomic E-state index is 6.27. The lowest BCUT2D eigenvalue weighted by Gasteiger charge is -2.34. The summed E-state index contributed by atoms with van der Waals surface area (Å²) >= 11 is 0. The van der Waals surface area contributed by atoms with Crippen molar-refractivity contribution in [3.63, 3.8) is 0 Å². The molecule has 0 saturated carbocycles. The Labute approximate surface area is 230 Å². The van der Waals surface area contributed by atoms with Gasteiger partial charge in [0.25, 0.3) is 0 Å². The lowest BCUT2D eigenvalue weighted by Crippen LogP contribution is -2.50. The molecule has 0 fully saturated rings. The van der Waals surface area contributed by atoms with Crippen LogP contribution >= 0.6 is 31.4 Å². The Bertz CT molecular complexity index is 428. The van der Waals surface area contributed by atoms with Gasteiger partial charge in [0, 0.05) is 60.2 Å². The first-order valence-electron chi connectivity index (χ1n) is 13.2. The molecule has 0 radical (unpaired) electrons. The van der Waals surface area contributed by atoms with Crippen LogP contribution in [-0.2, 0) is 26.6 Å². The second kappa shape index (κ2) is 19.3. The third-order valence-corrected chi connectivity index (χ3v) is 15.3. The fourth-order valence-electron chi connectivity index (χ4n) is 3.47. The van der Waals surface area contributed by atoms with Gasteiger partial charge in [0.05, 0.1) is 0 Å². The Kier molecular flexibility index (Phi) is 20.0. The summed E-state index contributed by atoms with van der Waals surface area (Å²) in [6.45, 7) is 24.6. The zero-order valence-corrected chi connectivity index (χ0v) is 28.8. The van der Waals surface area contributed by atoms with Crippen molar-refractivity contribution in [3.05, 3.63) is 0 Å². The molecule has 0 aromatic rings. The molecule has 0 rings (SSSR count). The lowest BCUT2D eigenvalue weighted by atomic mass is 10.5. The van der Waals surface area contributed by atoms with E-state index in [0.29, 0.717) is 0 Å². The van der Waals surface area contributed by atoms with E-state index in [1.807, 2.05) is 31.4 Å². The molecule has 0 N–H and O–H groups in total. The average Bonchev–Trinajstić information content (AvgIpc) is 2.63. The molecule has 0 saturated heterocycles. The van der Waals surface area contributed by atoms with E-state index in [0.717, 1.165) is 36.4 Å². The van der Waals surface area contributed by atoms with Crippen molar-refractivity contribution < 1.29 is 26.6 Å². The van der Waals surface area contributed by atoms with Crippen molar-refractivity contribution in [2.75, 3.05) is 11.5 Å². The van der Waals surface area contributed by atoms with E-state index < -0.39 is 17.6 Å². The van der Waals surface area contributed by atoms with Crippen LogP contribution in [0.4, 0.5) is 0 Å². The molecule has 212 valence electrons. The number of hydrogen-bond donors (Lipinski definition) is 0. The predicted molar refractivity (Wildman–Crippen MR) is 160 cm³/mol. The van der Waals surface area contributed by atoms with Gasteiger partial charge in [-0.05, 0) is 106 Å². The molecule has 0 aliphatic rings. The van der Waals surface area contributed by atoms with E-state index in [1.165, 1.54) is 0 Å². The number of hydrogen-bond acceptors (Lipinski definition) is 9. The largest absolute Gasteiger partial charge is 0.501 e. The third kappa shape index (κ3) is 19.0. The van der Waals surface area contributed by atoms with Gasteiger partial charge in [0.15, 0.2) is 0 Å². The summed E-state index contributed by atoms with van der Waals surface area (Å²) in [6.07, 6.45) is 2.56. The lowest BCUT2D eigenvalue weighted by molar-refractivity contribution is 0.00201. The van der Waals surface area contributed by atoms with Crippen LogP contribution < -0.4 is 0 Å². The molecule has 0 amide bonds. The van der Waals surface area contributed by atoms with Crippen molar-refractivity contribution in [1.82, 2.24) is 0 Å². The molecule has 0 atom stereocenters. The van der Waals surface area contributed by atoms with Crippen molar-refractivity contribution in [3.8, 4) is 0 Å². The Balaban J connectivity index is 4.56. The van der Waals surface area contributed by atoms with Crippen LogP contribution in [0.3, 0.4) is 0 Å². The van der Waals surface area contributed by atoms with Crippen LogP contribution in [0.2, 0.25) is 12.1 Å². The minimum atomic E-state index is -2.69. The Hall–Kier alpha value is 1.24. The SMILES string of the molecule is CC(C)O[Si](CCCSSSCCC[Si](OC(C)C)(OC(C)C)OC(C)C)(OC(C)C)OC(C)C. The first-order valence-corrected chi connectivity index (χ1v) is 20.9. The van der Waals surface area contributed by atoms with Gasteiger partial charge in [0.2, 0.25) is 0 Å². The van der Waals surface area contributed by atoms with Gasteiger partial charge >= 0.3 is 17.6 Å². The monoisotopic (exact) mass is 590 g/mol. The average molecular weight is 591 g/mol. The summed E-state index contributed by atoms with van der Waals surface area (Å²) in [7, 11) is 0.255. The first-order chi connectivity index (χ1) is 16.2. The van der Waals surface area contributed by atoms with E-state index >= 15 is 0 Å². The highest BCUT2D eigenvalue weighted by molar-refractivity contribution is 9.09. The van der Waals surface area contributed by atoms with Gasteiger partial charge in [-0.1, -0.05) is 21.6 Å². The van der Waals surface area contributed by atoms with E-state index in [4.69, 9.17) is 26.6 Å². The second-order valence-corrected chi connectivity index (χ2v) is 19.9. The van der Waals surface area contributed by atoms with Crippen molar-refractivity contribution in [2.24, 2.45) is 0 Å². The quantitative estimate of drug-likeness (QED) is 0.0705. The molecular formula is C24H54O6S3Si2. The first kappa shape index (κ1) is 36.2. The molecule has 0 heterocycles. The molecular weight excluding hydrogens is 537 g/mol. The van der Waals surface area contributed by atoms with Gasteiger partial charge < -0.3 is 26.6 Å². The van der Waals surface area contributed by atoms with Gasteiger partial charge in [0.1, 0.15) is 0 Å². The minimum Gasteiger partial charge on any atom is -0.371 e. The Morgan fingerprint density at radius 2 is 0.657 bits per heavy atom. The second-order valence-electron chi connectivity index (χ2n) is 10.3. The molecule has 0 aromatic carbocycles. The summed E-state index contributed by atoms with van der Waals surface area (Å²) < 4.78 is 37.6. The molecule has 0 aliphatic carbocycles. The molecule has 6 nitrogen and oxygen atoms in total. The van der Waals surface area contributed by atoms with Crippen LogP contribution in [0.1, 0.15) is 95.9 Å². The van der Waals surface area contributed by atoms with Crippen LogP contribution in [0.5, 0.6) is 0 Å². The molecule has 0 spiro atoms. The van der Waals surface area contributed by atoms with E-state index in [1.54, 1.807) is 0 Å². The maximum Gasteiger partial charge on any atom is 0.501 e. The van der Waals surface area contributed by atoms with Crippen LogP contribution in [-0.4, -0.2) is 65.7 Å². The van der Waals surface area contributed by atoms with E-state index in [2.05, 4.69) is 83.1 Å². The topological polar surface area (TPSA) is 55.4 Å².